The quantitative estimate of drug-likeness (QED) is 0.853. The monoisotopic (exact) mass is 339 g/mol. The molecule has 1 aromatic carbocycles. The number of nitrogens with zero attached hydrogens (tertiary/aromatic N) is 2. The number of primary sulfonamides is 1. The largest absolute Gasteiger partial charge is 0.496 e. The number of sulfonamides is 1. The SMILES string of the molecule is COc1ccc(S(N)(=O)=O)cc1C(=O)N1CCN2CCC[C@@H]2C1. The molecule has 23 heavy (non-hydrogen) atoms. The van der Waals surface area contributed by atoms with Crippen LogP contribution in [0.5, 0.6) is 5.75 Å². The Labute approximate surface area is 136 Å². The predicted octanol–water partition coefficient (Wildman–Crippen LogP) is 0.263. The number of hydrogen-bond acceptors (Lipinski definition) is 5. The summed E-state index contributed by atoms with van der Waals surface area (Å²) in [7, 11) is -2.41. The molecule has 2 fully saturated rings. The molecule has 2 heterocycles. The van der Waals surface area contributed by atoms with E-state index in [9.17, 15) is 13.2 Å². The molecule has 0 spiro atoms. The van der Waals surface area contributed by atoms with Crippen LogP contribution in [0.2, 0.25) is 0 Å². The molecule has 2 aliphatic heterocycles. The van der Waals surface area contributed by atoms with E-state index >= 15 is 0 Å². The number of carbonyl (C=O) groups excluding carboxylic acids is 1. The summed E-state index contributed by atoms with van der Waals surface area (Å²) in [6.07, 6.45) is 2.26. The minimum atomic E-state index is -3.86. The Hall–Kier alpha value is -1.64. The third kappa shape index (κ3) is 3.19. The van der Waals surface area contributed by atoms with E-state index in [-0.39, 0.29) is 16.4 Å². The van der Waals surface area contributed by atoms with Crippen molar-refractivity contribution in [2.75, 3.05) is 33.3 Å². The number of benzene rings is 1. The van der Waals surface area contributed by atoms with Gasteiger partial charge in [-0.05, 0) is 37.6 Å². The molecule has 0 unspecified atom stereocenters. The lowest BCUT2D eigenvalue weighted by molar-refractivity contribution is 0.0568. The molecule has 2 N–H and O–H groups in total. The average Bonchev–Trinajstić information content (AvgIpc) is 3.00. The van der Waals surface area contributed by atoms with Gasteiger partial charge in [0.15, 0.2) is 0 Å². The van der Waals surface area contributed by atoms with Gasteiger partial charge >= 0.3 is 0 Å². The number of amides is 1. The summed E-state index contributed by atoms with van der Waals surface area (Å²) in [5, 5.41) is 5.17. The lowest BCUT2D eigenvalue weighted by Gasteiger charge is -2.37. The molecule has 3 rings (SSSR count). The van der Waals surface area contributed by atoms with Crippen LogP contribution in [0, 0.1) is 0 Å². The van der Waals surface area contributed by atoms with E-state index < -0.39 is 10.0 Å². The molecule has 7 nitrogen and oxygen atoms in total. The van der Waals surface area contributed by atoms with E-state index in [4.69, 9.17) is 9.88 Å². The number of piperazine rings is 1. The highest BCUT2D eigenvalue weighted by Gasteiger charge is 2.33. The van der Waals surface area contributed by atoms with Crippen LogP contribution in [0.3, 0.4) is 0 Å². The molecule has 1 aromatic rings. The van der Waals surface area contributed by atoms with E-state index in [0.717, 1.165) is 25.9 Å². The van der Waals surface area contributed by atoms with Crippen molar-refractivity contribution >= 4 is 15.9 Å². The lowest BCUT2D eigenvalue weighted by Crippen LogP contribution is -2.52. The van der Waals surface area contributed by atoms with E-state index in [0.29, 0.717) is 24.9 Å². The van der Waals surface area contributed by atoms with Crippen molar-refractivity contribution in [3.8, 4) is 5.75 Å². The highest BCUT2D eigenvalue weighted by Crippen LogP contribution is 2.27. The number of fused-ring (bicyclic) bond motifs is 1. The lowest BCUT2D eigenvalue weighted by atomic mass is 10.1. The van der Waals surface area contributed by atoms with Gasteiger partial charge in [-0.25, -0.2) is 13.6 Å². The standard InChI is InChI=1S/C15H21N3O4S/c1-22-14-5-4-12(23(16,20)21)9-13(14)15(19)18-8-7-17-6-2-3-11(17)10-18/h4-5,9,11H,2-3,6-8,10H2,1H3,(H2,16,20,21)/t11-/m1/s1. The van der Waals surface area contributed by atoms with Crippen LogP contribution >= 0.6 is 0 Å². The van der Waals surface area contributed by atoms with Crippen LogP contribution < -0.4 is 9.88 Å². The van der Waals surface area contributed by atoms with Crippen molar-refractivity contribution in [2.24, 2.45) is 5.14 Å². The molecule has 0 aliphatic carbocycles. The molecule has 8 heteroatoms. The Morgan fingerprint density at radius 2 is 2.09 bits per heavy atom. The Morgan fingerprint density at radius 1 is 1.30 bits per heavy atom. The van der Waals surface area contributed by atoms with Crippen LogP contribution in [0.25, 0.3) is 0 Å². The number of carbonyl (C=O) groups is 1. The minimum Gasteiger partial charge on any atom is -0.496 e. The van der Waals surface area contributed by atoms with Crippen molar-refractivity contribution in [3.63, 3.8) is 0 Å². The molecule has 0 bridgehead atoms. The Balaban J connectivity index is 1.89. The van der Waals surface area contributed by atoms with E-state index in [1.54, 1.807) is 4.90 Å². The molecule has 2 saturated heterocycles. The van der Waals surface area contributed by atoms with Crippen LogP contribution in [-0.4, -0.2) is 63.5 Å². The highest BCUT2D eigenvalue weighted by atomic mass is 32.2. The van der Waals surface area contributed by atoms with E-state index in [1.165, 1.54) is 25.3 Å². The Morgan fingerprint density at radius 3 is 2.78 bits per heavy atom. The number of methoxy groups -OCH3 is 1. The third-order valence-electron chi connectivity index (χ3n) is 4.60. The van der Waals surface area contributed by atoms with Gasteiger partial charge in [-0.15, -0.1) is 0 Å². The summed E-state index contributed by atoms with van der Waals surface area (Å²) in [4.78, 5) is 16.9. The molecular weight excluding hydrogens is 318 g/mol. The Kier molecular flexibility index (Phi) is 4.31. The summed E-state index contributed by atoms with van der Waals surface area (Å²) in [5.74, 6) is 0.148. The Bertz CT molecular complexity index is 719. The normalized spacial score (nSPS) is 22.0. The van der Waals surface area contributed by atoms with Gasteiger partial charge in [-0.1, -0.05) is 0 Å². The zero-order chi connectivity index (χ0) is 16.6. The highest BCUT2D eigenvalue weighted by molar-refractivity contribution is 7.89. The van der Waals surface area contributed by atoms with E-state index in [1.807, 2.05) is 0 Å². The molecule has 0 aromatic heterocycles. The van der Waals surface area contributed by atoms with Gasteiger partial charge in [0.05, 0.1) is 17.6 Å². The zero-order valence-corrected chi connectivity index (χ0v) is 13.9. The van der Waals surface area contributed by atoms with Gasteiger partial charge in [0.1, 0.15) is 5.75 Å². The second-order valence-electron chi connectivity index (χ2n) is 5.99. The minimum absolute atomic E-state index is 0.0823. The fourth-order valence-electron chi connectivity index (χ4n) is 3.38. The second-order valence-corrected chi connectivity index (χ2v) is 7.55. The number of ether oxygens (including phenoxy) is 1. The van der Waals surface area contributed by atoms with Crippen LogP contribution in [-0.2, 0) is 10.0 Å². The van der Waals surface area contributed by atoms with Gasteiger partial charge in [0.25, 0.3) is 5.91 Å². The van der Waals surface area contributed by atoms with Crippen LogP contribution in [0.15, 0.2) is 23.1 Å². The molecule has 2 aliphatic rings. The molecule has 0 radical (unpaired) electrons. The molecule has 0 saturated carbocycles. The van der Waals surface area contributed by atoms with Gasteiger partial charge in [0.2, 0.25) is 10.0 Å². The summed E-state index contributed by atoms with van der Waals surface area (Å²) in [5.41, 5.74) is 0.241. The fraction of sp³-hybridized carbons (Fsp3) is 0.533. The molecule has 1 amide bonds. The first kappa shape index (κ1) is 16.2. The maximum absolute atomic E-state index is 12.8. The maximum atomic E-state index is 12.8. The number of nitrogens with two attached hydrogens (primary N) is 1. The van der Waals surface area contributed by atoms with Gasteiger partial charge in [-0.2, -0.15) is 0 Å². The van der Waals surface area contributed by atoms with Crippen molar-refractivity contribution in [1.29, 1.82) is 0 Å². The second kappa shape index (κ2) is 6.10. The summed E-state index contributed by atoms with van der Waals surface area (Å²) < 4.78 is 28.3. The number of hydrogen-bond donors (Lipinski definition) is 1. The van der Waals surface area contributed by atoms with Gasteiger partial charge in [0, 0.05) is 25.7 Å². The predicted molar refractivity (Wildman–Crippen MR) is 84.9 cm³/mol. The smallest absolute Gasteiger partial charge is 0.257 e. The average molecular weight is 339 g/mol. The van der Waals surface area contributed by atoms with Crippen molar-refractivity contribution < 1.29 is 17.9 Å². The first-order valence-electron chi connectivity index (χ1n) is 7.64. The molecular formula is C15H21N3O4S. The zero-order valence-electron chi connectivity index (χ0n) is 13.1. The fourth-order valence-corrected chi connectivity index (χ4v) is 3.92. The summed E-state index contributed by atoms with van der Waals surface area (Å²) in [6, 6.07) is 4.52. The summed E-state index contributed by atoms with van der Waals surface area (Å²) >= 11 is 0. The van der Waals surface area contributed by atoms with Crippen molar-refractivity contribution in [2.45, 2.75) is 23.8 Å². The maximum Gasteiger partial charge on any atom is 0.257 e. The molecule has 1 atom stereocenters. The van der Waals surface area contributed by atoms with Crippen molar-refractivity contribution in [3.05, 3.63) is 23.8 Å². The molecule has 126 valence electrons. The summed E-state index contributed by atoms with van der Waals surface area (Å²) in [6.45, 7) is 3.25. The first-order chi connectivity index (χ1) is 10.9. The van der Waals surface area contributed by atoms with Gasteiger partial charge in [-0.3, -0.25) is 9.69 Å². The van der Waals surface area contributed by atoms with Gasteiger partial charge < -0.3 is 9.64 Å². The first-order valence-corrected chi connectivity index (χ1v) is 9.19. The van der Waals surface area contributed by atoms with E-state index in [2.05, 4.69) is 4.90 Å². The van der Waals surface area contributed by atoms with Crippen molar-refractivity contribution in [1.82, 2.24) is 9.80 Å². The van der Waals surface area contributed by atoms with Crippen LogP contribution in [0.1, 0.15) is 23.2 Å². The van der Waals surface area contributed by atoms with Crippen LogP contribution in [0.4, 0.5) is 0 Å². The topological polar surface area (TPSA) is 92.9 Å². The number of rotatable bonds is 3. The third-order valence-corrected chi connectivity index (χ3v) is 5.52.